The molecule has 1 aromatic rings. The number of hydrogen-bond acceptors (Lipinski definition) is 5. The summed E-state index contributed by atoms with van der Waals surface area (Å²) in [6, 6.07) is 5.35. The van der Waals surface area contributed by atoms with E-state index in [1.807, 2.05) is 12.1 Å². The first-order valence-electron chi connectivity index (χ1n) is 8.67. The Hall–Kier alpha value is -0.910. The number of hydrogen-bond donors (Lipinski definition) is 2. The van der Waals surface area contributed by atoms with Crippen molar-refractivity contribution in [1.29, 1.82) is 0 Å². The summed E-state index contributed by atoms with van der Waals surface area (Å²) < 4.78 is 34.5. The van der Waals surface area contributed by atoms with Crippen LogP contribution in [0.5, 0.6) is 0 Å². The molecule has 0 bridgehead atoms. The number of benzene rings is 1. The van der Waals surface area contributed by atoms with Crippen molar-refractivity contribution in [2.75, 3.05) is 40.2 Å². The molecule has 0 aromatic heterocycles. The fourth-order valence-electron chi connectivity index (χ4n) is 3.09. The van der Waals surface area contributed by atoms with E-state index in [2.05, 4.69) is 15.6 Å². The van der Waals surface area contributed by atoms with Crippen molar-refractivity contribution in [2.24, 2.45) is 4.99 Å². The monoisotopic (exact) mass is 511 g/mol. The molecule has 1 fully saturated rings. The summed E-state index contributed by atoms with van der Waals surface area (Å²) in [5.74, 6) is 0.678. The molecule has 0 spiro atoms. The minimum atomic E-state index is -3.20. The number of aryl methyl sites for hydroxylation is 1. The molecule has 1 heterocycles. The molecule has 1 aliphatic heterocycles. The third-order valence-electron chi connectivity index (χ3n) is 4.74. The lowest BCUT2D eigenvalue weighted by molar-refractivity contribution is -0.0855. The number of methoxy groups -OCH3 is 1. The number of nitrogens with one attached hydrogen (secondary N) is 2. The number of nitrogens with zero attached hydrogens (tertiary/aromatic N) is 1. The molecule has 1 aliphatic rings. The smallest absolute Gasteiger partial charge is 0.191 e. The molecule has 2 rings (SSSR count). The van der Waals surface area contributed by atoms with Crippen LogP contribution in [0.15, 0.2) is 28.1 Å². The Labute approximate surface area is 179 Å². The largest absolute Gasteiger partial charge is 0.381 e. The minimum Gasteiger partial charge on any atom is -0.381 e. The zero-order chi connectivity index (χ0) is 19.2. The number of rotatable bonds is 6. The second-order valence-corrected chi connectivity index (χ2v) is 8.64. The third-order valence-corrected chi connectivity index (χ3v) is 5.99. The quantitative estimate of drug-likeness (QED) is 0.345. The van der Waals surface area contributed by atoms with Crippen LogP contribution in [0.2, 0.25) is 0 Å². The van der Waals surface area contributed by atoms with E-state index >= 15 is 0 Å². The van der Waals surface area contributed by atoms with Gasteiger partial charge < -0.3 is 20.1 Å². The molecule has 1 aromatic carbocycles. The first kappa shape index (κ1) is 24.1. The molecule has 27 heavy (non-hydrogen) atoms. The van der Waals surface area contributed by atoms with Gasteiger partial charge in [-0.3, -0.25) is 4.99 Å². The summed E-state index contributed by atoms with van der Waals surface area (Å²) in [4.78, 5) is 4.61. The maximum Gasteiger partial charge on any atom is 0.191 e. The Morgan fingerprint density at radius 3 is 2.48 bits per heavy atom. The van der Waals surface area contributed by atoms with E-state index < -0.39 is 9.84 Å². The Balaban J connectivity index is 0.00000364. The summed E-state index contributed by atoms with van der Waals surface area (Å²) in [6.45, 7) is 4.41. The Bertz CT molecular complexity index is 747. The van der Waals surface area contributed by atoms with Gasteiger partial charge in [0.15, 0.2) is 15.8 Å². The summed E-state index contributed by atoms with van der Waals surface area (Å²) in [5.41, 5.74) is 1.50. The fraction of sp³-hybridized carbons (Fsp3) is 0.611. The SMILES string of the molecule is CN=C(NCc1ccc(S(C)(=O)=O)c(C)c1)NCC1(OC)CCOCC1.I. The Kier molecular flexibility index (Phi) is 9.46. The normalized spacial score (nSPS) is 17.1. The first-order valence-corrected chi connectivity index (χ1v) is 10.6. The highest BCUT2D eigenvalue weighted by Gasteiger charge is 2.32. The summed E-state index contributed by atoms with van der Waals surface area (Å²) >= 11 is 0. The van der Waals surface area contributed by atoms with Crippen molar-refractivity contribution in [1.82, 2.24) is 10.6 Å². The minimum absolute atomic E-state index is 0. The molecule has 7 nitrogen and oxygen atoms in total. The number of ether oxygens (including phenoxy) is 2. The zero-order valence-electron chi connectivity index (χ0n) is 16.4. The predicted octanol–water partition coefficient (Wildman–Crippen LogP) is 1.88. The van der Waals surface area contributed by atoms with Crippen molar-refractivity contribution >= 4 is 39.8 Å². The lowest BCUT2D eigenvalue weighted by Crippen LogP contribution is -2.50. The second kappa shape index (κ2) is 10.6. The number of guanidine groups is 1. The molecule has 2 N–H and O–H groups in total. The van der Waals surface area contributed by atoms with Crippen LogP contribution >= 0.6 is 24.0 Å². The van der Waals surface area contributed by atoms with Gasteiger partial charge in [-0.1, -0.05) is 12.1 Å². The van der Waals surface area contributed by atoms with Crippen molar-refractivity contribution in [2.45, 2.75) is 36.8 Å². The molecular weight excluding hydrogens is 481 g/mol. The van der Waals surface area contributed by atoms with Crippen LogP contribution in [0.4, 0.5) is 0 Å². The molecule has 1 saturated heterocycles. The van der Waals surface area contributed by atoms with Crippen molar-refractivity contribution < 1.29 is 17.9 Å². The molecule has 0 amide bonds. The summed E-state index contributed by atoms with van der Waals surface area (Å²) in [6.07, 6.45) is 2.92. The maximum absolute atomic E-state index is 11.7. The highest BCUT2D eigenvalue weighted by atomic mass is 127. The average molecular weight is 511 g/mol. The van der Waals surface area contributed by atoms with Crippen molar-refractivity contribution in [3.63, 3.8) is 0 Å². The first-order chi connectivity index (χ1) is 12.3. The molecule has 0 aliphatic carbocycles. The van der Waals surface area contributed by atoms with E-state index in [1.54, 1.807) is 27.1 Å². The van der Waals surface area contributed by atoms with Gasteiger partial charge in [-0.25, -0.2) is 8.42 Å². The lowest BCUT2D eigenvalue weighted by Gasteiger charge is -2.36. The van der Waals surface area contributed by atoms with Crippen LogP contribution in [-0.4, -0.2) is 60.2 Å². The van der Waals surface area contributed by atoms with Crippen molar-refractivity contribution in [3.05, 3.63) is 29.3 Å². The number of aliphatic imine (C=N–C) groups is 1. The van der Waals surface area contributed by atoms with Gasteiger partial charge in [0.2, 0.25) is 0 Å². The second-order valence-electron chi connectivity index (χ2n) is 6.65. The van der Waals surface area contributed by atoms with Crippen LogP contribution in [0.3, 0.4) is 0 Å². The van der Waals surface area contributed by atoms with E-state index in [0.717, 1.165) is 24.0 Å². The Morgan fingerprint density at radius 2 is 1.96 bits per heavy atom. The zero-order valence-corrected chi connectivity index (χ0v) is 19.5. The molecule has 9 heteroatoms. The molecule has 154 valence electrons. The van der Waals surface area contributed by atoms with Gasteiger partial charge >= 0.3 is 0 Å². The van der Waals surface area contributed by atoms with Crippen LogP contribution in [0.25, 0.3) is 0 Å². The average Bonchev–Trinajstić information content (AvgIpc) is 2.61. The van der Waals surface area contributed by atoms with Crippen LogP contribution in [0.1, 0.15) is 24.0 Å². The third kappa shape index (κ3) is 6.88. The topological polar surface area (TPSA) is 89.0 Å². The van der Waals surface area contributed by atoms with Gasteiger partial charge in [0.05, 0.1) is 10.5 Å². The van der Waals surface area contributed by atoms with E-state index in [4.69, 9.17) is 9.47 Å². The lowest BCUT2D eigenvalue weighted by atomic mass is 9.94. The summed E-state index contributed by atoms with van der Waals surface area (Å²) in [5, 5.41) is 6.57. The van der Waals surface area contributed by atoms with Gasteiger partial charge in [0.25, 0.3) is 0 Å². The van der Waals surface area contributed by atoms with Gasteiger partial charge in [-0.15, -0.1) is 24.0 Å². The molecule has 0 unspecified atom stereocenters. The summed E-state index contributed by atoms with van der Waals surface area (Å²) in [7, 11) is 0.253. The standard InChI is InChI=1S/C18H29N3O4S.HI/c1-14-11-15(5-6-16(14)26(4,22)23)12-20-17(19-2)21-13-18(24-3)7-9-25-10-8-18;/h5-6,11H,7-10,12-13H2,1-4H3,(H2,19,20,21);1H. The van der Waals surface area contributed by atoms with Crippen molar-refractivity contribution in [3.8, 4) is 0 Å². The van der Waals surface area contributed by atoms with E-state index in [1.165, 1.54) is 6.26 Å². The van der Waals surface area contributed by atoms with Crippen LogP contribution in [-0.2, 0) is 25.9 Å². The van der Waals surface area contributed by atoms with E-state index in [9.17, 15) is 8.42 Å². The predicted molar refractivity (Wildman–Crippen MR) is 118 cm³/mol. The molecule has 0 saturated carbocycles. The number of sulfone groups is 1. The number of halogens is 1. The highest BCUT2D eigenvalue weighted by Crippen LogP contribution is 2.23. The fourth-order valence-corrected chi connectivity index (χ4v) is 4.04. The highest BCUT2D eigenvalue weighted by molar-refractivity contribution is 14.0. The van der Waals surface area contributed by atoms with Gasteiger partial charge in [0.1, 0.15) is 0 Å². The molecular formula is C18H30IN3O4S. The van der Waals surface area contributed by atoms with E-state index in [0.29, 0.717) is 37.2 Å². The van der Waals surface area contributed by atoms with Crippen LogP contribution in [0, 0.1) is 6.92 Å². The van der Waals surface area contributed by atoms with Crippen LogP contribution < -0.4 is 10.6 Å². The Morgan fingerprint density at radius 1 is 1.30 bits per heavy atom. The van der Waals surface area contributed by atoms with Gasteiger partial charge in [0, 0.05) is 59.6 Å². The molecule has 0 radical (unpaired) electrons. The van der Waals surface area contributed by atoms with Gasteiger partial charge in [-0.05, 0) is 24.1 Å². The maximum atomic E-state index is 11.7. The van der Waals surface area contributed by atoms with E-state index in [-0.39, 0.29) is 29.6 Å². The molecule has 0 atom stereocenters. The van der Waals surface area contributed by atoms with Gasteiger partial charge in [-0.2, -0.15) is 0 Å².